The van der Waals surface area contributed by atoms with Crippen molar-refractivity contribution in [3.05, 3.63) is 193 Å². The average molecular weight is 642 g/mol. The van der Waals surface area contributed by atoms with Crippen LogP contribution in [0.25, 0.3) is 66.3 Å². The predicted molar refractivity (Wildman–Crippen MR) is 207 cm³/mol. The van der Waals surface area contributed by atoms with Crippen molar-refractivity contribution in [1.29, 1.82) is 0 Å². The number of allylic oxidation sites excluding steroid dienone is 1. The fourth-order valence-corrected chi connectivity index (χ4v) is 7.56. The number of fused-ring (bicyclic) bond motifs is 6. The van der Waals surface area contributed by atoms with E-state index in [0.717, 1.165) is 72.4 Å². The molecule has 0 fully saturated rings. The van der Waals surface area contributed by atoms with Gasteiger partial charge in [0.2, 0.25) is 0 Å². The van der Waals surface area contributed by atoms with Crippen LogP contribution in [0.15, 0.2) is 185 Å². The van der Waals surface area contributed by atoms with Gasteiger partial charge < -0.3 is 14.3 Å². The lowest BCUT2D eigenvalue weighted by atomic mass is 9.97. The highest BCUT2D eigenvalue weighted by molar-refractivity contribution is 6.15. The lowest BCUT2D eigenvalue weighted by molar-refractivity contribution is 0.659. The van der Waals surface area contributed by atoms with Gasteiger partial charge in [-0.15, -0.1) is 0 Å². The second-order valence-corrected chi connectivity index (χ2v) is 12.8. The van der Waals surface area contributed by atoms with Crippen LogP contribution >= 0.6 is 0 Å². The van der Waals surface area contributed by atoms with E-state index in [-0.39, 0.29) is 6.17 Å². The molecule has 0 saturated carbocycles. The Bertz CT molecular complexity index is 2770. The van der Waals surface area contributed by atoms with Crippen LogP contribution in [0.2, 0.25) is 0 Å². The number of aromatic nitrogens is 1. The zero-order valence-corrected chi connectivity index (χ0v) is 27.1. The molecule has 4 nitrogen and oxygen atoms in total. The van der Waals surface area contributed by atoms with E-state index in [9.17, 15) is 0 Å². The Morgan fingerprint density at radius 1 is 0.540 bits per heavy atom. The highest BCUT2D eigenvalue weighted by Crippen LogP contribution is 2.42. The van der Waals surface area contributed by atoms with E-state index in [1.54, 1.807) is 0 Å². The lowest BCUT2D eigenvalue weighted by Crippen LogP contribution is -2.25. The van der Waals surface area contributed by atoms with Crippen molar-refractivity contribution in [2.24, 2.45) is 4.99 Å². The number of rotatable bonds is 5. The molecule has 0 aliphatic carbocycles. The molecule has 0 saturated heterocycles. The van der Waals surface area contributed by atoms with Crippen molar-refractivity contribution < 1.29 is 4.42 Å². The largest absolute Gasteiger partial charge is 0.455 e. The summed E-state index contributed by atoms with van der Waals surface area (Å²) in [5, 5.41) is 8.38. The van der Waals surface area contributed by atoms with Crippen molar-refractivity contribution >= 4 is 55.2 Å². The second-order valence-electron chi connectivity index (χ2n) is 12.8. The molecule has 236 valence electrons. The van der Waals surface area contributed by atoms with E-state index in [1.807, 2.05) is 12.1 Å². The van der Waals surface area contributed by atoms with E-state index in [0.29, 0.717) is 0 Å². The van der Waals surface area contributed by atoms with Gasteiger partial charge in [0, 0.05) is 44.1 Å². The number of nitrogens with zero attached hydrogens (tertiary/aromatic N) is 2. The quantitative estimate of drug-likeness (QED) is 0.203. The molecule has 4 heteroatoms. The normalized spacial score (nSPS) is 14.6. The molecule has 50 heavy (non-hydrogen) atoms. The van der Waals surface area contributed by atoms with Crippen LogP contribution < -0.4 is 5.32 Å². The summed E-state index contributed by atoms with van der Waals surface area (Å²) in [5.74, 6) is 0. The second kappa shape index (κ2) is 11.5. The van der Waals surface area contributed by atoms with Crippen LogP contribution in [0, 0.1) is 0 Å². The van der Waals surface area contributed by atoms with Crippen LogP contribution in [-0.2, 0) is 0 Å². The number of para-hydroxylation sites is 3. The van der Waals surface area contributed by atoms with Gasteiger partial charge in [-0.1, -0.05) is 140 Å². The molecule has 2 aromatic heterocycles. The average Bonchev–Trinajstić information content (AvgIpc) is 3.74. The standard InChI is InChI=1S/C46H31N3O/c1-4-14-30(15-5-1)39-29-40(31-16-6-2-7-17-31)48-46(47-39)38-23-13-25-43-44(38)37-22-12-21-34(45(37)50-43)32-26-27-36-35-20-10-11-24-41(35)49(42(36)28-32)33-18-8-3-9-19-33/h1-29,46-47H. The first-order chi connectivity index (χ1) is 24.8. The minimum atomic E-state index is -0.309. The molecule has 3 heterocycles. The topological polar surface area (TPSA) is 42.5 Å². The molecular formula is C46H31N3O. The van der Waals surface area contributed by atoms with E-state index in [2.05, 4.69) is 174 Å². The van der Waals surface area contributed by atoms with Crippen molar-refractivity contribution in [3.63, 3.8) is 0 Å². The maximum Gasteiger partial charge on any atom is 0.146 e. The van der Waals surface area contributed by atoms with Gasteiger partial charge in [0.15, 0.2) is 0 Å². The van der Waals surface area contributed by atoms with Crippen molar-refractivity contribution in [1.82, 2.24) is 9.88 Å². The van der Waals surface area contributed by atoms with Gasteiger partial charge >= 0.3 is 0 Å². The zero-order valence-electron chi connectivity index (χ0n) is 27.1. The maximum absolute atomic E-state index is 6.78. The molecule has 10 rings (SSSR count). The predicted octanol–water partition coefficient (Wildman–Crippen LogP) is 11.5. The molecule has 0 radical (unpaired) electrons. The van der Waals surface area contributed by atoms with Crippen LogP contribution in [0.3, 0.4) is 0 Å². The monoisotopic (exact) mass is 641 g/mol. The van der Waals surface area contributed by atoms with Crippen molar-refractivity contribution in [3.8, 4) is 16.8 Å². The third-order valence-electron chi connectivity index (χ3n) is 9.84. The van der Waals surface area contributed by atoms with Gasteiger partial charge in [-0.3, -0.25) is 4.99 Å². The van der Waals surface area contributed by atoms with Crippen LogP contribution in [0.4, 0.5) is 0 Å². The number of hydrogen-bond donors (Lipinski definition) is 1. The number of benzene rings is 7. The molecule has 7 aromatic carbocycles. The first kappa shape index (κ1) is 28.4. The fourth-order valence-electron chi connectivity index (χ4n) is 7.56. The summed E-state index contributed by atoms with van der Waals surface area (Å²) >= 11 is 0. The molecule has 1 unspecified atom stereocenters. The molecule has 1 aliphatic rings. The van der Waals surface area contributed by atoms with Crippen LogP contribution in [-0.4, -0.2) is 10.3 Å². The van der Waals surface area contributed by atoms with Crippen molar-refractivity contribution in [2.45, 2.75) is 6.17 Å². The summed E-state index contributed by atoms with van der Waals surface area (Å²) in [4.78, 5) is 5.29. The maximum atomic E-state index is 6.78. The summed E-state index contributed by atoms with van der Waals surface area (Å²) in [6.45, 7) is 0. The molecular weight excluding hydrogens is 611 g/mol. The van der Waals surface area contributed by atoms with Crippen LogP contribution in [0.1, 0.15) is 22.9 Å². The van der Waals surface area contributed by atoms with Gasteiger partial charge in [-0.05, 0) is 53.1 Å². The first-order valence-electron chi connectivity index (χ1n) is 17.0. The van der Waals surface area contributed by atoms with Gasteiger partial charge in [-0.2, -0.15) is 0 Å². The van der Waals surface area contributed by atoms with Crippen molar-refractivity contribution in [2.75, 3.05) is 0 Å². The fraction of sp³-hybridized carbons (Fsp3) is 0.0217. The summed E-state index contributed by atoms with van der Waals surface area (Å²) in [6, 6.07) is 59.7. The SMILES string of the molecule is C1=C(c2ccccc2)NC(c2cccc3oc4c(-c5ccc6c7ccccc7n(-c7ccccc7)c6c5)cccc4c23)N=C1c1ccccc1. The Hall–Kier alpha value is -6.65. The smallest absolute Gasteiger partial charge is 0.146 e. The van der Waals surface area contributed by atoms with Gasteiger partial charge in [0.1, 0.15) is 17.3 Å². The number of aliphatic imine (C=N–C) groups is 1. The Balaban J connectivity index is 1.15. The highest BCUT2D eigenvalue weighted by Gasteiger charge is 2.24. The van der Waals surface area contributed by atoms with Gasteiger partial charge in [0.05, 0.1) is 16.7 Å². The van der Waals surface area contributed by atoms with E-state index in [4.69, 9.17) is 9.41 Å². The highest BCUT2D eigenvalue weighted by atomic mass is 16.3. The first-order valence-corrected chi connectivity index (χ1v) is 17.0. The Morgan fingerprint density at radius 3 is 2.04 bits per heavy atom. The molecule has 1 N–H and O–H groups in total. The summed E-state index contributed by atoms with van der Waals surface area (Å²) < 4.78 is 9.14. The minimum absolute atomic E-state index is 0.309. The Labute approximate surface area is 289 Å². The zero-order chi connectivity index (χ0) is 33.0. The summed E-state index contributed by atoms with van der Waals surface area (Å²) in [6.07, 6.45) is 1.84. The number of nitrogens with one attached hydrogen (secondary N) is 1. The lowest BCUT2D eigenvalue weighted by Gasteiger charge is -2.25. The third-order valence-corrected chi connectivity index (χ3v) is 9.84. The van der Waals surface area contributed by atoms with Gasteiger partial charge in [-0.25, -0.2) is 0 Å². The molecule has 9 aromatic rings. The summed E-state index contributed by atoms with van der Waals surface area (Å²) in [5.41, 5.74) is 12.7. The molecule has 0 bridgehead atoms. The molecule has 1 aliphatic heterocycles. The summed E-state index contributed by atoms with van der Waals surface area (Å²) in [7, 11) is 0. The molecule has 0 spiro atoms. The Morgan fingerprint density at radius 2 is 1.22 bits per heavy atom. The number of hydrogen-bond acceptors (Lipinski definition) is 3. The minimum Gasteiger partial charge on any atom is -0.455 e. The van der Waals surface area contributed by atoms with E-state index >= 15 is 0 Å². The van der Waals surface area contributed by atoms with Crippen LogP contribution in [0.5, 0.6) is 0 Å². The Kier molecular flexibility index (Phi) is 6.53. The number of furan rings is 1. The molecule has 1 atom stereocenters. The van der Waals surface area contributed by atoms with Gasteiger partial charge in [0.25, 0.3) is 0 Å². The van der Waals surface area contributed by atoms with E-state index < -0.39 is 0 Å². The van der Waals surface area contributed by atoms with E-state index in [1.165, 1.54) is 16.3 Å². The molecule has 0 amide bonds. The third kappa shape index (κ3) is 4.57.